The van der Waals surface area contributed by atoms with E-state index in [4.69, 9.17) is 4.74 Å². The zero-order chi connectivity index (χ0) is 21.7. The Balaban J connectivity index is 1.06. The number of carbonyl (C=O) groups is 1. The maximum absolute atomic E-state index is 11.8. The predicted octanol–water partition coefficient (Wildman–Crippen LogP) is 3.60. The Kier molecular flexibility index (Phi) is 4.87. The van der Waals surface area contributed by atoms with Crippen LogP contribution in [0.2, 0.25) is 0 Å². The predicted molar refractivity (Wildman–Crippen MR) is 124 cm³/mol. The number of piperidine rings is 1. The zero-order valence-electron chi connectivity index (χ0n) is 18.3. The molecule has 0 atom stereocenters. The average Bonchev–Trinajstić information content (AvgIpc) is 3.53. The maximum atomic E-state index is 11.8. The van der Waals surface area contributed by atoms with Crippen LogP contribution in [0.1, 0.15) is 46.3 Å². The van der Waals surface area contributed by atoms with Crippen LogP contribution in [0.25, 0.3) is 10.3 Å². The average molecular weight is 450 g/mol. The fraction of sp³-hybridized carbons (Fsp3) is 0.500. The number of rotatable bonds is 4. The minimum atomic E-state index is -0.180. The third-order valence-electron chi connectivity index (χ3n) is 7.79. The van der Waals surface area contributed by atoms with Gasteiger partial charge in [-0.2, -0.15) is 0 Å². The number of esters is 1. The van der Waals surface area contributed by atoms with E-state index < -0.39 is 0 Å². The van der Waals surface area contributed by atoms with Gasteiger partial charge in [-0.05, 0) is 74.4 Å². The Morgan fingerprint density at radius 2 is 2.03 bits per heavy atom. The molecule has 0 unspecified atom stereocenters. The third-order valence-corrected chi connectivity index (χ3v) is 8.44. The number of cyclic esters (lactones) is 1. The molecule has 3 aliphatic rings. The highest BCUT2D eigenvalue weighted by Gasteiger charge is 2.40. The molecule has 2 aromatic heterocycles. The van der Waals surface area contributed by atoms with Crippen molar-refractivity contribution in [3.63, 3.8) is 0 Å². The van der Waals surface area contributed by atoms with Crippen molar-refractivity contribution in [3.05, 3.63) is 46.6 Å². The summed E-state index contributed by atoms with van der Waals surface area (Å²) in [6.07, 6.45) is 6.77. The third kappa shape index (κ3) is 3.46. The molecule has 3 aromatic rings. The molecule has 5 heterocycles. The van der Waals surface area contributed by atoms with Crippen molar-refractivity contribution in [2.45, 2.75) is 39.2 Å². The largest absolute Gasteiger partial charge is 0.457 e. The normalized spacial score (nSPS) is 20.3. The van der Waals surface area contributed by atoms with Crippen LogP contribution in [-0.4, -0.2) is 58.2 Å². The Morgan fingerprint density at radius 1 is 1.19 bits per heavy atom. The van der Waals surface area contributed by atoms with Gasteiger partial charge in [0.15, 0.2) is 4.83 Å². The minimum absolute atomic E-state index is 0.180. The first kappa shape index (κ1) is 20.1. The van der Waals surface area contributed by atoms with E-state index in [1.807, 2.05) is 12.3 Å². The number of anilines is 1. The summed E-state index contributed by atoms with van der Waals surface area (Å²) in [5.74, 6) is -0.180. The second-order valence-electron chi connectivity index (χ2n) is 9.51. The number of carbonyl (C=O) groups excluding carboxylic acids is 1. The number of likely N-dealkylation sites (tertiary alicyclic amines) is 1. The molecule has 2 saturated heterocycles. The number of nitrogens with zero attached hydrogens (tertiary/aromatic N) is 5. The van der Waals surface area contributed by atoms with Crippen LogP contribution < -0.4 is 4.90 Å². The topological polar surface area (TPSA) is 71.5 Å². The molecule has 0 radical (unpaired) electrons. The molecule has 6 rings (SSSR count). The van der Waals surface area contributed by atoms with Gasteiger partial charge in [0.2, 0.25) is 0 Å². The van der Waals surface area contributed by atoms with E-state index in [9.17, 15) is 4.79 Å². The number of ether oxygens (including phenoxy) is 1. The van der Waals surface area contributed by atoms with Crippen LogP contribution in [-0.2, 0) is 17.8 Å². The Labute approximate surface area is 191 Å². The highest BCUT2D eigenvalue weighted by molar-refractivity contribution is 7.12. The standard InChI is InChI=1S/C24H27N5O2S/c1-16-17(2-3-19-20(16)14-31-23(19)30)4-8-28-9-5-24(6-10-28)7-11-29(15-24)18-12-21-22(25-13-18)32-27-26-21/h2-3,12-13H,4-11,14-15H2,1H3. The fourth-order valence-corrected chi connectivity index (χ4v) is 6.11. The Bertz CT molecular complexity index is 1180. The molecule has 0 bridgehead atoms. The van der Waals surface area contributed by atoms with E-state index in [-0.39, 0.29) is 5.97 Å². The van der Waals surface area contributed by atoms with E-state index in [0.717, 1.165) is 60.6 Å². The molecule has 8 heteroatoms. The summed E-state index contributed by atoms with van der Waals surface area (Å²) in [6, 6.07) is 6.19. The lowest BCUT2D eigenvalue weighted by atomic mass is 9.77. The number of fused-ring (bicyclic) bond motifs is 2. The fourth-order valence-electron chi connectivity index (χ4n) is 5.61. The number of hydrogen-bond acceptors (Lipinski definition) is 8. The summed E-state index contributed by atoms with van der Waals surface area (Å²) in [5.41, 5.74) is 6.91. The van der Waals surface area contributed by atoms with Crippen LogP contribution >= 0.6 is 11.5 Å². The van der Waals surface area contributed by atoms with Gasteiger partial charge in [0.1, 0.15) is 12.1 Å². The summed E-state index contributed by atoms with van der Waals surface area (Å²) in [5, 5.41) is 4.19. The van der Waals surface area contributed by atoms with Gasteiger partial charge in [0.05, 0.1) is 17.4 Å². The lowest BCUT2D eigenvalue weighted by molar-refractivity contribution is 0.0535. The van der Waals surface area contributed by atoms with Gasteiger partial charge in [0.25, 0.3) is 0 Å². The molecule has 7 nitrogen and oxygen atoms in total. The van der Waals surface area contributed by atoms with E-state index in [0.29, 0.717) is 12.0 Å². The lowest BCUT2D eigenvalue weighted by Crippen LogP contribution is -2.42. The number of aromatic nitrogens is 3. The quantitative estimate of drug-likeness (QED) is 0.564. The van der Waals surface area contributed by atoms with Gasteiger partial charge in [-0.25, -0.2) is 9.78 Å². The summed E-state index contributed by atoms with van der Waals surface area (Å²) >= 11 is 1.35. The smallest absolute Gasteiger partial charge is 0.338 e. The molecule has 2 fully saturated rings. The molecule has 1 spiro atoms. The SMILES string of the molecule is Cc1c(CCN2CCC3(CC2)CCN(c2cnc4snnc4c2)C3)ccc2c1COC2=O. The molecule has 0 aliphatic carbocycles. The molecule has 0 saturated carbocycles. The number of pyridine rings is 1. The van der Waals surface area contributed by atoms with Crippen molar-refractivity contribution in [2.75, 3.05) is 37.6 Å². The van der Waals surface area contributed by atoms with Crippen molar-refractivity contribution < 1.29 is 9.53 Å². The molecule has 166 valence electrons. The Hall–Kier alpha value is -2.58. The summed E-state index contributed by atoms with van der Waals surface area (Å²) in [4.78, 5) is 22.3. The van der Waals surface area contributed by atoms with Crippen LogP contribution in [0, 0.1) is 12.3 Å². The van der Waals surface area contributed by atoms with Crippen molar-refractivity contribution in [1.29, 1.82) is 0 Å². The summed E-state index contributed by atoms with van der Waals surface area (Å²) in [6.45, 7) is 8.16. The van der Waals surface area contributed by atoms with Crippen LogP contribution in [0.3, 0.4) is 0 Å². The molecule has 32 heavy (non-hydrogen) atoms. The van der Waals surface area contributed by atoms with Gasteiger partial charge in [-0.15, -0.1) is 5.10 Å². The van der Waals surface area contributed by atoms with E-state index >= 15 is 0 Å². The first-order chi connectivity index (χ1) is 15.6. The van der Waals surface area contributed by atoms with Crippen molar-refractivity contribution in [2.24, 2.45) is 5.41 Å². The number of hydrogen-bond donors (Lipinski definition) is 0. The minimum Gasteiger partial charge on any atom is -0.457 e. The molecule has 0 N–H and O–H groups in total. The highest BCUT2D eigenvalue weighted by atomic mass is 32.1. The second kappa shape index (κ2) is 7.78. The molecule has 0 amide bonds. The Morgan fingerprint density at radius 3 is 2.91 bits per heavy atom. The molecular formula is C24H27N5O2S. The maximum Gasteiger partial charge on any atom is 0.338 e. The van der Waals surface area contributed by atoms with Gasteiger partial charge >= 0.3 is 5.97 Å². The van der Waals surface area contributed by atoms with Crippen molar-refractivity contribution in [3.8, 4) is 0 Å². The number of benzene rings is 1. The lowest BCUT2D eigenvalue weighted by Gasteiger charge is -2.39. The summed E-state index contributed by atoms with van der Waals surface area (Å²) in [7, 11) is 0. The highest BCUT2D eigenvalue weighted by Crippen LogP contribution is 2.42. The molecule has 1 aromatic carbocycles. The first-order valence-electron chi connectivity index (χ1n) is 11.4. The van der Waals surface area contributed by atoms with E-state index in [1.165, 1.54) is 47.6 Å². The van der Waals surface area contributed by atoms with Gasteiger partial charge in [-0.1, -0.05) is 10.6 Å². The van der Waals surface area contributed by atoms with E-state index in [1.54, 1.807) is 0 Å². The first-order valence-corrected chi connectivity index (χ1v) is 12.2. The van der Waals surface area contributed by atoms with Crippen molar-refractivity contribution in [1.82, 2.24) is 19.5 Å². The second-order valence-corrected chi connectivity index (χ2v) is 10.2. The van der Waals surface area contributed by atoms with Gasteiger partial charge in [0, 0.05) is 36.7 Å². The zero-order valence-corrected chi connectivity index (χ0v) is 19.2. The van der Waals surface area contributed by atoms with Crippen LogP contribution in [0.5, 0.6) is 0 Å². The van der Waals surface area contributed by atoms with Crippen LogP contribution in [0.15, 0.2) is 24.4 Å². The van der Waals surface area contributed by atoms with Gasteiger partial charge in [-0.3, -0.25) is 0 Å². The van der Waals surface area contributed by atoms with Gasteiger partial charge < -0.3 is 14.5 Å². The van der Waals surface area contributed by atoms with Crippen molar-refractivity contribution >= 4 is 33.5 Å². The van der Waals surface area contributed by atoms with Crippen LogP contribution in [0.4, 0.5) is 5.69 Å². The summed E-state index contributed by atoms with van der Waals surface area (Å²) < 4.78 is 9.21. The van der Waals surface area contributed by atoms with E-state index in [2.05, 4.69) is 43.4 Å². The monoisotopic (exact) mass is 449 g/mol. The molecule has 3 aliphatic heterocycles. The molecular weight excluding hydrogens is 422 g/mol.